The lowest BCUT2D eigenvalue weighted by Crippen LogP contribution is -2.52. The number of ether oxygens (including phenoxy) is 3. The maximum Gasteiger partial charge on any atom is 0.351 e. The molecule has 0 bridgehead atoms. The zero-order valence-corrected chi connectivity index (χ0v) is 34.9. The van der Waals surface area contributed by atoms with Crippen LogP contribution in [-0.2, 0) is 23.1 Å². The van der Waals surface area contributed by atoms with Crippen molar-refractivity contribution >= 4 is 60.2 Å². The van der Waals surface area contributed by atoms with Gasteiger partial charge in [0.05, 0.1) is 24.6 Å². The van der Waals surface area contributed by atoms with Crippen molar-refractivity contribution in [3.8, 4) is 0 Å². The molecule has 1 aromatic carbocycles. The number of hydrogen-bond donors (Lipinski definition) is 1. The lowest BCUT2D eigenvalue weighted by molar-refractivity contribution is -0.0818. The van der Waals surface area contributed by atoms with Crippen molar-refractivity contribution in [1.82, 2.24) is 9.55 Å². The van der Waals surface area contributed by atoms with Crippen LogP contribution in [0.3, 0.4) is 0 Å². The van der Waals surface area contributed by atoms with Crippen LogP contribution >= 0.6 is 31.9 Å². The number of aromatic nitrogens is 2. The van der Waals surface area contributed by atoms with Crippen molar-refractivity contribution in [2.45, 2.75) is 107 Å². The van der Waals surface area contributed by atoms with Gasteiger partial charge in [0.25, 0.3) is 5.91 Å². The van der Waals surface area contributed by atoms with Crippen molar-refractivity contribution in [3.05, 3.63) is 58.1 Å². The molecule has 1 aliphatic rings. The van der Waals surface area contributed by atoms with Crippen LogP contribution in [0.25, 0.3) is 0 Å². The smallest absolute Gasteiger partial charge is 0.351 e. The van der Waals surface area contributed by atoms with E-state index in [9.17, 15) is 9.59 Å². The van der Waals surface area contributed by atoms with Gasteiger partial charge in [-0.25, -0.2) is 4.79 Å². The minimum atomic E-state index is -2.36. The fourth-order valence-corrected chi connectivity index (χ4v) is 7.61. The Morgan fingerprint density at radius 3 is 2.19 bits per heavy atom. The molecule has 1 N–H and O–H groups in total. The van der Waals surface area contributed by atoms with Gasteiger partial charge in [0.2, 0.25) is 0 Å². The predicted octanol–water partition coefficient (Wildman–Crippen LogP) is 7.67. The number of methoxy groups -OCH3 is 1. The summed E-state index contributed by atoms with van der Waals surface area (Å²) >= 11 is 7.28. The topological polar surface area (TPSA) is 110 Å². The molecule has 1 fully saturated rings. The molecule has 2 heterocycles. The monoisotopic (exact) mass is 817 g/mol. The summed E-state index contributed by atoms with van der Waals surface area (Å²) in [7, 11) is -2.91. The lowest BCUT2D eigenvalue weighted by atomic mass is 10.1. The molecule has 1 saturated heterocycles. The maximum atomic E-state index is 14.0. The number of nitrogens with zero attached hydrogens (tertiary/aromatic N) is 2. The average Bonchev–Trinajstić information content (AvgIpc) is 3.30. The molecule has 1 unspecified atom stereocenters. The van der Waals surface area contributed by atoms with Gasteiger partial charge in [0.1, 0.15) is 24.1 Å². The van der Waals surface area contributed by atoms with Crippen molar-refractivity contribution in [2.75, 3.05) is 37.6 Å². The van der Waals surface area contributed by atoms with Crippen LogP contribution in [0.15, 0.2) is 41.2 Å². The third-order valence-electron chi connectivity index (χ3n) is 9.51. The van der Waals surface area contributed by atoms with Crippen molar-refractivity contribution in [1.29, 1.82) is 0 Å². The normalized spacial score (nSPS) is 21.6. The summed E-state index contributed by atoms with van der Waals surface area (Å²) < 4.78 is 33.9. The number of carbonyl (C=O) groups excluding carboxylic acids is 1. The third kappa shape index (κ3) is 9.94. The summed E-state index contributed by atoms with van der Waals surface area (Å²) in [6, 6.07) is 10.5. The molecule has 0 aliphatic carbocycles. The fraction of sp³-hybridized carbons (Fsp3) is 0.667. The molecule has 1 aliphatic heterocycles. The minimum Gasteiger partial charge on any atom is -0.414 e. The fourth-order valence-electron chi connectivity index (χ4n) is 4.59. The van der Waals surface area contributed by atoms with Gasteiger partial charge in [0.15, 0.2) is 22.9 Å². The van der Waals surface area contributed by atoms with Gasteiger partial charge in [-0.15, -0.1) is 0 Å². The van der Waals surface area contributed by atoms with E-state index in [1.807, 2.05) is 6.07 Å². The molecule has 10 nitrogen and oxygen atoms in total. The molecule has 0 spiro atoms. The Morgan fingerprint density at radius 2 is 1.64 bits per heavy atom. The number of alkyl halides is 2. The van der Waals surface area contributed by atoms with E-state index in [2.05, 4.69) is 110 Å². The SMILES string of the molecule is COCCO[C@@H]1[C@H](O[Si](C)(C)C(C)(C)C)[C@@H](CO[Si](C)(C)C(C)(C)C)O[C@H]1n1c(C(Br)CBr)cc(NC(=O)c2ccccc2)nc1=O. The molecule has 5 atom stereocenters. The first kappa shape index (κ1) is 40.2. The standard InChI is InChI=1S/C33H53Br2N3O7Si2/c1-32(2,3)46(8,9)43-21-25-27(45-47(10,11)33(4,5)6)28(42-18-17-41-7)30(44-25)38-24(23(35)20-34)19-26(37-31(38)40)36-29(39)22-15-13-12-14-16-22/h12-16,19,23,25,27-28,30H,17-18,20-21H2,1-11H3,(H,36,37,39,40)/t23?,25-,27-,28-,30-/m1/s1. The molecule has 1 aromatic heterocycles. The highest BCUT2D eigenvalue weighted by Gasteiger charge is 2.53. The average molecular weight is 820 g/mol. The van der Waals surface area contributed by atoms with Crippen LogP contribution in [0.2, 0.25) is 36.3 Å². The Bertz CT molecular complexity index is 1400. The number of hydrogen-bond acceptors (Lipinski definition) is 8. The van der Waals surface area contributed by atoms with Gasteiger partial charge in [-0.1, -0.05) is 91.6 Å². The van der Waals surface area contributed by atoms with Gasteiger partial charge >= 0.3 is 5.69 Å². The number of nitrogens with one attached hydrogen (secondary N) is 1. The summed E-state index contributed by atoms with van der Waals surface area (Å²) in [4.78, 5) is 31.0. The van der Waals surface area contributed by atoms with Gasteiger partial charge in [0, 0.05) is 29.8 Å². The molecule has 3 rings (SSSR count). The number of rotatable bonds is 14. The molecule has 0 radical (unpaired) electrons. The second-order valence-corrected chi connectivity index (χ2v) is 26.3. The summed E-state index contributed by atoms with van der Waals surface area (Å²) in [5.74, 6) is -0.225. The quantitative estimate of drug-likeness (QED) is 0.118. The first-order chi connectivity index (χ1) is 21.7. The molecular formula is C33H53Br2N3O7Si2. The van der Waals surface area contributed by atoms with Gasteiger partial charge in [-0.3, -0.25) is 9.36 Å². The molecule has 0 saturated carbocycles. The van der Waals surface area contributed by atoms with E-state index in [0.29, 0.717) is 23.2 Å². The zero-order valence-electron chi connectivity index (χ0n) is 29.7. The van der Waals surface area contributed by atoms with Gasteiger partial charge in [-0.2, -0.15) is 4.98 Å². The number of anilines is 1. The van der Waals surface area contributed by atoms with Gasteiger partial charge in [-0.05, 0) is 48.4 Å². The highest BCUT2D eigenvalue weighted by molar-refractivity contribution is 9.12. The van der Waals surface area contributed by atoms with E-state index in [4.69, 9.17) is 23.1 Å². The summed E-state index contributed by atoms with van der Waals surface area (Å²) in [6.45, 7) is 22.9. The molecule has 1 amide bonds. The van der Waals surface area contributed by atoms with Crippen LogP contribution in [-0.4, -0.2) is 82.7 Å². The van der Waals surface area contributed by atoms with E-state index >= 15 is 0 Å². The Hall–Kier alpha value is -1.24. The van der Waals surface area contributed by atoms with Crippen LogP contribution in [0.5, 0.6) is 0 Å². The molecular weight excluding hydrogens is 766 g/mol. The number of amides is 1. The molecule has 14 heteroatoms. The molecule has 264 valence electrons. The Labute approximate surface area is 299 Å². The number of benzene rings is 1. The second-order valence-electron chi connectivity index (χ2n) is 15.0. The predicted molar refractivity (Wildman–Crippen MR) is 199 cm³/mol. The summed E-state index contributed by atoms with van der Waals surface area (Å²) in [6.07, 6.45) is -2.61. The molecule has 2 aromatic rings. The second kappa shape index (κ2) is 16.2. The first-order valence-corrected chi connectivity index (χ1v) is 23.9. The summed E-state index contributed by atoms with van der Waals surface area (Å²) in [5.41, 5.74) is 0.433. The number of halogens is 2. The van der Waals surface area contributed by atoms with Crippen LogP contribution in [0, 0.1) is 0 Å². The minimum absolute atomic E-state index is 0.0116. The van der Waals surface area contributed by atoms with Gasteiger partial charge < -0.3 is 28.4 Å². The first-order valence-electron chi connectivity index (χ1n) is 16.0. The lowest BCUT2D eigenvalue weighted by Gasteiger charge is -2.41. The van der Waals surface area contributed by atoms with Crippen molar-refractivity contribution in [2.24, 2.45) is 0 Å². The number of carbonyl (C=O) groups is 1. The maximum absolute atomic E-state index is 14.0. The highest BCUT2D eigenvalue weighted by Crippen LogP contribution is 2.44. The van der Waals surface area contributed by atoms with Crippen molar-refractivity contribution < 1.29 is 27.9 Å². The summed E-state index contributed by atoms with van der Waals surface area (Å²) in [5, 5.41) is 3.16. The van der Waals surface area contributed by atoms with E-state index < -0.39 is 46.9 Å². The zero-order chi connectivity index (χ0) is 35.4. The van der Waals surface area contributed by atoms with Crippen molar-refractivity contribution in [3.63, 3.8) is 0 Å². The van der Waals surface area contributed by atoms with Crippen LogP contribution < -0.4 is 11.0 Å². The largest absolute Gasteiger partial charge is 0.414 e. The van der Waals surface area contributed by atoms with E-state index in [0.717, 1.165) is 0 Å². The van der Waals surface area contributed by atoms with Crippen LogP contribution in [0.4, 0.5) is 5.82 Å². The molecule has 47 heavy (non-hydrogen) atoms. The third-order valence-corrected chi connectivity index (χ3v) is 20.8. The van der Waals surface area contributed by atoms with E-state index in [1.54, 1.807) is 37.4 Å². The Kier molecular flexibility index (Phi) is 13.8. The Balaban J connectivity index is 2.14. The van der Waals surface area contributed by atoms with Crippen LogP contribution in [0.1, 0.15) is 68.6 Å². The van der Waals surface area contributed by atoms with E-state index in [-0.39, 0.29) is 39.8 Å². The highest BCUT2D eigenvalue weighted by atomic mass is 79.9. The Morgan fingerprint density at radius 1 is 1.02 bits per heavy atom. The van der Waals surface area contributed by atoms with E-state index in [1.165, 1.54) is 4.57 Å².